The predicted molar refractivity (Wildman–Crippen MR) is 79.9 cm³/mol. The van der Waals surface area contributed by atoms with Crippen molar-refractivity contribution >= 4 is 15.9 Å². The second-order valence-corrected chi connectivity index (χ2v) is 4.64. The molecule has 20 heavy (non-hydrogen) atoms. The van der Waals surface area contributed by atoms with Crippen LogP contribution in [-0.4, -0.2) is 56.7 Å². The van der Waals surface area contributed by atoms with Crippen LogP contribution >= 0.6 is 15.9 Å². The van der Waals surface area contributed by atoms with Crippen molar-refractivity contribution in [2.45, 2.75) is 0 Å². The highest BCUT2D eigenvalue weighted by atomic mass is 79.9. The molecule has 1 aromatic carbocycles. The Morgan fingerprint density at radius 1 is 0.800 bits per heavy atom. The highest BCUT2D eigenvalue weighted by Crippen LogP contribution is 2.23. The van der Waals surface area contributed by atoms with Gasteiger partial charge in [0.1, 0.15) is 6.61 Å². The van der Waals surface area contributed by atoms with E-state index in [4.69, 9.17) is 18.9 Å². The lowest BCUT2D eigenvalue weighted by molar-refractivity contribution is 0.0117. The van der Waals surface area contributed by atoms with Crippen LogP contribution in [0.25, 0.3) is 0 Å². The number of alkyl halides is 1. The van der Waals surface area contributed by atoms with E-state index in [2.05, 4.69) is 15.9 Å². The van der Waals surface area contributed by atoms with Gasteiger partial charge in [0.05, 0.1) is 39.6 Å². The third kappa shape index (κ3) is 8.37. The molecule has 0 radical (unpaired) electrons. The fourth-order valence-corrected chi connectivity index (χ4v) is 1.62. The summed E-state index contributed by atoms with van der Waals surface area (Å²) in [5.74, 6) is 0.607. The first-order chi connectivity index (χ1) is 9.84. The Hall–Kier alpha value is -0.820. The standard InChI is InChI=1S/C14H21BrO5/c15-5-6-17-7-8-18-9-10-19-11-12-20-14-4-2-1-3-13(14)16/h1-4,16H,5-12H2. The molecule has 0 fully saturated rings. The highest BCUT2D eigenvalue weighted by molar-refractivity contribution is 9.09. The van der Waals surface area contributed by atoms with Gasteiger partial charge in [0.15, 0.2) is 11.5 Å². The minimum atomic E-state index is 0.138. The molecule has 0 unspecified atom stereocenters. The zero-order chi connectivity index (χ0) is 14.5. The molecule has 0 heterocycles. The molecule has 0 spiro atoms. The molecule has 1 aromatic rings. The Labute approximate surface area is 127 Å². The van der Waals surface area contributed by atoms with Gasteiger partial charge < -0.3 is 24.1 Å². The molecular weight excluding hydrogens is 328 g/mol. The normalized spacial score (nSPS) is 10.7. The van der Waals surface area contributed by atoms with Crippen LogP contribution in [0, 0.1) is 0 Å². The Kier molecular flexibility index (Phi) is 10.3. The van der Waals surface area contributed by atoms with Gasteiger partial charge in [-0.2, -0.15) is 0 Å². The van der Waals surface area contributed by atoms with Crippen LogP contribution in [0.5, 0.6) is 11.5 Å². The van der Waals surface area contributed by atoms with Gasteiger partial charge in [0.25, 0.3) is 0 Å². The smallest absolute Gasteiger partial charge is 0.161 e. The molecule has 0 aromatic heterocycles. The van der Waals surface area contributed by atoms with Gasteiger partial charge in [-0.15, -0.1) is 0 Å². The van der Waals surface area contributed by atoms with Crippen LogP contribution in [0.4, 0.5) is 0 Å². The molecule has 5 nitrogen and oxygen atoms in total. The van der Waals surface area contributed by atoms with E-state index in [9.17, 15) is 5.11 Å². The summed E-state index contributed by atoms with van der Waals surface area (Å²) in [6.45, 7) is 3.77. The van der Waals surface area contributed by atoms with Gasteiger partial charge in [0.2, 0.25) is 0 Å². The van der Waals surface area contributed by atoms with Crippen LogP contribution in [0.2, 0.25) is 0 Å². The summed E-state index contributed by atoms with van der Waals surface area (Å²) in [6.07, 6.45) is 0. The van der Waals surface area contributed by atoms with Crippen molar-refractivity contribution < 1.29 is 24.1 Å². The number of rotatable bonds is 12. The highest BCUT2D eigenvalue weighted by Gasteiger charge is 1.99. The molecule has 0 aliphatic heterocycles. The second-order valence-electron chi connectivity index (χ2n) is 3.84. The Morgan fingerprint density at radius 2 is 1.35 bits per heavy atom. The zero-order valence-electron chi connectivity index (χ0n) is 11.4. The maximum atomic E-state index is 9.47. The zero-order valence-corrected chi connectivity index (χ0v) is 13.0. The number of hydrogen-bond acceptors (Lipinski definition) is 5. The fraction of sp³-hybridized carbons (Fsp3) is 0.571. The van der Waals surface area contributed by atoms with Crippen molar-refractivity contribution in [3.8, 4) is 11.5 Å². The van der Waals surface area contributed by atoms with Crippen molar-refractivity contribution in [3.63, 3.8) is 0 Å². The van der Waals surface area contributed by atoms with E-state index >= 15 is 0 Å². The first-order valence-corrected chi connectivity index (χ1v) is 7.66. The van der Waals surface area contributed by atoms with E-state index in [0.717, 1.165) is 5.33 Å². The molecule has 1 rings (SSSR count). The molecule has 6 heteroatoms. The average Bonchev–Trinajstić information content (AvgIpc) is 2.46. The lowest BCUT2D eigenvalue weighted by atomic mass is 10.3. The number of aromatic hydroxyl groups is 1. The molecule has 0 aliphatic rings. The summed E-state index contributed by atoms with van der Waals surface area (Å²) in [6, 6.07) is 6.85. The van der Waals surface area contributed by atoms with Crippen molar-refractivity contribution in [3.05, 3.63) is 24.3 Å². The number of phenolic OH excluding ortho intramolecular Hbond substituents is 1. The van der Waals surface area contributed by atoms with Crippen LogP contribution in [0.15, 0.2) is 24.3 Å². The molecule has 1 N–H and O–H groups in total. The average molecular weight is 349 g/mol. The summed E-state index contributed by atoms with van der Waals surface area (Å²) in [7, 11) is 0. The van der Waals surface area contributed by atoms with Crippen molar-refractivity contribution in [1.82, 2.24) is 0 Å². The summed E-state index contributed by atoms with van der Waals surface area (Å²) in [5, 5.41) is 10.3. The van der Waals surface area contributed by atoms with Gasteiger partial charge in [-0.25, -0.2) is 0 Å². The molecule has 0 atom stereocenters. The number of para-hydroxylation sites is 2. The van der Waals surface area contributed by atoms with E-state index in [1.807, 2.05) is 0 Å². The lowest BCUT2D eigenvalue weighted by Gasteiger charge is -2.08. The maximum absolute atomic E-state index is 9.47. The first kappa shape index (κ1) is 17.2. The van der Waals surface area contributed by atoms with Crippen LogP contribution < -0.4 is 4.74 Å². The van der Waals surface area contributed by atoms with Crippen molar-refractivity contribution in [1.29, 1.82) is 0 Å². The largest absolute Gasteiger partial charge is 0.504 e. The summed E-state index contributed by atoms with van der Waals surface area (Å²) >= 11 is 3.28. The fourth-order valence-electron chi connectivity index (χ4n) is 1.39. The Bertz CT molecular complexity index is 348. The lowest BCUT2D eigenvalue weighted by Crippen LogP contribution is -2.13. The number of hydrogen-bond donors (Lipinski definition) is 1. The molecule has 0 amide bonds. The van der Waals surface area contributed by atoms with Gasteiger partial charge in [0, 0.05) is 5.33 Å². The summed E-state index contributed by atoms with van der Waals surface area (Å²) in [4.78, 5) is 0. The summed E-state index contributed by atoms with van der Waals surface area (Å²) in [5.41, 5.74) is 0. The quantitative estimate of drug-likeness (QED) is 0.463. The summed E-state index contributed by atoms with van der Waals surface area (Å²) < 4.78 is 21.3. The number of halogens is 1. The maximum Gasteiger partial charge on any atom is 0.161 e. The topological polar surface area (TPSA) is 57.2 Å². The van der Waals surface area contributed by atoms with Gasteiger partial charge in [-0.05, 0) is 12.1 Å². The number of ether oxygens (including phenoxy) is 4. The van der Waals surface area contributed by atoms with Crippen LogP contribution in [-0.2, 0) is 14.2 Å². The SMILES string of the molecule is Oc1ccccc1OCCOCCOCCOCCBr. The van der Waals surface area contributed by atoms with E-state index < -0.39 is 0 Å². The van der Waals surface area contributed by atoms with E-state index in [0.29, 0.717) is 52.0 Å². The van der Waals surface area contributed by atoms with E-state index in [1.54, 1.807) is 24.3 Å². The van der Waals surface area contributed by atoms with Gasteiger partial charge in [-0.3, -0.25) is 0 Å². The Morgan fingerprint density at radius 3 is 1.95 bits per heavy atom. The Balaban J connectivity index is 1.87. The molecule has 0 bridgehead atoms. The predicted octanol–water partition coefficient (Wildman–Crippen LogP) is 2.22. The first-order valence-electron chi connectivity index (χ1n) is 6.54. The molecule has 0 saturated heterocycles. The minimum Gasteiger partial charge on any atom is -0.504 e. The third-order valence-corrected chi connectivity index (χ3v) is 2.64. The van der Waals surface area contributed by atoms with Crippen LogP contribution in [0.3, 0.4) is 0 Å². The monoisotopic (exact) mass is 348 g/mol. The van der Waals surface area contributed by atoms with E-state index in [1.165, 1.54) is 0 Å². The van der Waals surface area contributed by atoms with Crippen molar-refractivity contribution in [2.75, 3.05) is 51.6 Å². The number of benzene rings is 1. The van der Waals surface area contributed by atoms with Gasteiger partial charge in [-0.1, -0.05) is 28.1 Å². The van der Waals surface area contributed by atoms with E-state index in [-0.39, 0.29) is 5.75 Å². The number of phenols is 1. The molecule has 0 saturated carbocycles. The molecular formula is C14H21BrO5. The third-order valence-electron chi connectivity index (χ3n) is 2.32. The van der Waals surface area contributed by atoms with Gasteiger partial charge >= 0.3 is 0 Å². The molecule has 0 aliphatic carbocycles. The van der Waals surface area contributed by atoms with Crippen molar-refractivity contribution in [2.24, 2.45) is 0 Å². The molecule has 114 valence electrons. The second kappa shape index (κ2) is 12.0. The minimum absolute atomic E-state index is 0.138. The van der Waals surface area contributed by atoms with Crippen LogP contribution in [0.1, 0.15) is 0 Å².